The Balaban J connectivity index is 1.42. The first-order valence-electron chi connectivity index (χ1n) is 11.4. The molecule has 1 N–H and O–H groups in total. The Morgan fingerprint density at radius 1 is 1.19 bits per heavy atom. The van der Waals surface area contributed by atoms with Crippen LogP contribution in [0.5, 0.6) is 0 Å². The SMILES string of the molecule is CC(C)NC[C@H](Cc1ccc(Cl)cc1)C(=O)N1CCN(c2ncnc3c2[C@H](C)SC3)CC1. The first kappa shape index (κ1) is 23.3. The lowest BCUT2D eigenvalue weighted by Crippen LogP contribution is -2.52. The molecule has 0 saturated carbocycles. The van der Waals surface area contributed by atoms with E-state index in [2.05, 4.69) is 41.0 Å². The summed E-state index contributed by atoms with van der Waals surface area (Å²) in [6.45, 7) is 10.2. The third-order valence-electron chi connectivity index (χ3n) is 6.23. The summed E-state index contributed by atoms with van der Waals surface area (Å²) in [5, 5.41) is 4.60. The zero-order chi connectivity index (χ0) is 22.7. The number of nitrogens with one attached hydrogen (secondary N) is 1. The van der Waals surface area contributed by atoms with Gasteiger partial charge in [0.2, 0.25) is 5.91 Å². The van der Waals surface area contributed by atoms with Gasteiger partial charge in [0.05, 0.1) is 11.6 Å². The molecule has 0 aliphatic carbocycles. The molecule has 0 spiro atoms. The summed E-state index contributed by atoms with van der Waals surface area (Å²) in [5.41, 5.74) is 3.58. The van der Waals surface area contributed by atoms with Crippen LogP contribution < -0.4 is 10.2 Å². The minimum atomic E-state index is -0.0927. The number of fused-ring (bicyclic) bond motifs is 1. The van der Waals surface area contributed by atoms with Crippen molar-refractivity contribution in [2.45, 2.75) is 44.2 Å². The van der Waals surface area contributed by atoms with Gasteiger partial charge in [-0.3, -0.25) is 4.79 Å². The van der Waals surface area contributed by atoms with E-state index in [-0.39, 0.29) is 11.8 Å². The fourth-order valence-corrected chi connectivity index (χ4v) is 5.59. The number of thioether (sulfide) groups is 1. The van der Waals surface area contributed by atoms with Gasteiger partial charge >= 0.3 is 0 Å². The molecule has 1 aromatic carbocycles. The molecule has 0 bridgehead atoms. The maximum atomic E-state index is 13.5. The number of carbonyl (C=O) groups excluding carboxylic acids is 1. The van der Waals surface area contributed by atoms with E-state index in [0.29, 0.717) is 24.3 Å². The quantitative estimate of drug-likeness (QED) is 0.657. The van der Waals surface area contributed by atoms with Crippen LogP contribution in [0.2, 0.25) is 5.02 Å². The Bertz CT molecular complexity index is 930. The largest absolute Gasteiger partial charge is 0.353 e. The van der Waals surface area contributed by atoms with Gasteiger partial charge in [0.1, 0.15) is 12.1 Å². The number of piperazine rings is 1. The van der Waals surface area contributed by atoms with Crippen LogP contribution in [0, 0.1) is 5.92 Å². The lowest BCUT2D eigenvalue weighted by Gasteiger charge is -2.38. The molecule has 1 aromatic heterocycles. The topological polar surface area (TPSA) is 61.4 Å². The summed E-state index contributed by atoms with van der Waals surface area (Å²) >= 11 is 7.96. The molecular weight excluding hydrogens is 442 g/mol. The number of nitrogens with zero attached hydrogens (tertiary/aromatic N) is 4. The molecule has 1 fully saturated rings. The second-order valence-electron chi connectivity index (χ2n) is 8.91. The van der Waals surface area contributed by atoms with E-state index < -0.39 is 0 Å². The van der Waals surface area contributed by atoms with Crippen LogP contribution >= 0.6 is 23.4 Å². The van der Waals surface area contributed by atoms with Gasteiger partial charge in [-0.25, -0.2) is 9.97 Å². The number of benzene rings is 1. The van der Waals surface area contributed by atoms with E-state index >= 15 is 0 Å². The number of hydrogen-bond donors (Lipinski definition) is 1. The van der Waals surface area contributed by atoms with Gasteiger partial charge < -0.3 is 15.1 Å². The molecule has 2 aliphatic rings. The van der Waals surface area contributed by atoms with Crippen LogP contribution in [0.25, 0.3) is 0 Å². The molecule has 32 heavy (non-hydrogen) atoms. The second kappa shape index (κ2) is 10.4. The van der Waals surface area contributed by atoms with E-state index in [0.717, 1.165) is 54.0 Å². The van der Waals surface area contributed by atoms with Gasteiger partial charge in [-0.05, 0) is 31.0 Å². The van der Waals surface area contributed by atoms with Crippen molar-refractivity contribution in [2.24, 2.45) is 5.92 Å². The Morgan fingerprint density at radius 3 is 2.59 bits per heavy atom. The second-order valence-corrected chi connectivity index (χ2v) is 10.7. The normalized spacial score (nSPS) is 19.3. The van der Waals surface area contributed by atoms with Crippen molar-refractivity contribution in [3.05, 3.63) is 52.4 Å². The van der Waals surface area contributed by atoms with E-state index in [1.807, 2.05) is 40.9 Å². The molecule has 4 rings (SSSR count). The van der Waals surface area contributed by atoms with Gasteiger partial charge in [0.15, 0.2) is 0 Å². The number of hydrogen-bond acceptors (Lipinski definition) is 6. The first-order valence-corrected chi connectivity index (χ1v) is 12.8. The van der Waals surface area contributed by atoms with E-state index in [1.165, 1.54) is 5.56 Å². The Hall–Kier alpha value is -1.83. The Kier molecular flexibility index (Phi) is 7.59. The van der Waals surface area contributed by atoms with Crippen molar-refractivity contribution in [1.29, 1.82) is 0 Å². The predicted octanol–water partition coefficient (Wildman–Crippen LogP) is 3.94. The summed E-state index contributed by atoms with van der Waals surface area (Å²) in [5.74, 6) is 2.15. The third kappa shape index (κ3) is 5.38. The Labute approximate surface area is 200 Å². The maximum absolute atomic E-state index is 13.5. The van der Waals surface area contributed by atoms with Gasteiger partial charge in [-0.1, -0.05) is 37.6 Å². The average molecular weight is 474 g/mol. The van der Waals surface area contributed by atoms with Crippen molar-refractivity contribution in [2.75, 3.05) is 37.6 Å². The highest BCUT2D eigenvalue weighted by Crippen LogP contribution is 2.44. The highest BCUT2D eigenvalue weighted by Gasteiger charge is 2.31. The molecular formula is C24H32ClN5OS. The smallest absolute Gasteiger partial charge is 0.227 e. The van der Waals surface area contributed by atoms with E-state index in [9.17, 15) is 4.79 Å². The molecule has 1 saturated heterocycles. The summed E-state index contributed by atoms with van der Waals surface area (Å²) < 4.78 is 0. The summed E-state index contributed by atoms with van der Waals surface area (Å²) in [7, 11) is 0. The molecule has 6 nitrogen and oxygen atoms in total. The van der Waals surface area contributed by atoms with Crippen molar-refractivity contribution < 1.29 is 4.79 Å². The molecule has 2 atom stereocenters. The lowest BCUT2D eigenvalue weighted by molar-refractivity contribution is -0.135. The number of anilines is 1. The molecule has 3 heterocycles. The van der Waals surface area contributed by atoms with Crippen molar-refractivity contribution >= 4 is 35.1 Å². The summed E-state index contributed by atoms with van der Waals surface area (Å²) in [6.07, 6.45) is 2.40. The van der Waals surface area contributed by atoms with Gasteiger partial charge in [0.25, 0.3) is 0 Å². The summed E-state index contributed by atoms with van der Waals surface area (Å²) in [4.78, 5) is 26.9. The van der Waals surface area contributed by atoms with Gasteiger partial charge in [0, 0.05) is 60.4 Å². The number of amides is 1. The number of rotatable bonds is 7. The minimum absolute atomic E-state index is 0.0927. The maximum Gasteiger partial charge on any atom is 0.227 e. The zero-order valence-electron chi connectivity index (χ0n) is 19.1. The van der Waals surface area contributed by atoms with Crippen LogP contribution in [-0.4, -0.2) is 59.5 Å². The molecule has 1 amide bonds. The molecule has 0 radical (unpaired) electrons. The lowest BCUT2D eigenvalue weighted by atomic mass is 9.97. The van der Waals surface area contributed by atoms with E-state index in [4.69, 9.17) is 11.6 Å². The van der Waals surface area contributed by atoms with Crippen LogP contribution in [-0.2, 0) is 17.0 Å². The fourth-order valence-electron chi connectivity index (χ4n) is 4.42. The number of carbonyl (C=O) groups is 1. The molecule has 2 aliphatic heterocycles. The zero-order valence-corrected chi connectivity index (χ0v) is 20.6. The molecule has 0 unspecified atom stereocenters. The monoisotopic (exact) mass is 473 g/mol. The first-order chi connectivity index (χ1) is 15.4. The minimum Gasteiger partial charge on any atom is -0.353 e. The highest BCUT2D eigenvalue weighted by atomic mass is 35.5. The molecule has 172 valence electrons. The fraction of sp³-hybridized carbons (Fsp3) is 0.542. The average Bonchev–Trinajstić information content (AvgIpc) is 3.18. The van der Waals surface area contributed by atoms with Crippen molar-refractivity contribution in [3.8, 4) is 0 Å². The van der Waals surface area contributed by atoms with E-state index in [1.54, 1.807) is 6.33 Å². The Morgan fingerprint density at radius 2 is 1.91 bits per heavy atom. The molecule has 2 aromatic rings. The van der Waals surface area contributed by atoms with Crippen molar-refractivity contribution in [3.63, 3.8) is 0 Å². The van der Waals surface area contributed by atoms with Crippen LogP contribution in [0.4, 0.5) is 5.82 Å². The third-order valence-corrected chi connectivity index (χ3v) is 7.66. The highest BCUT2D eigenvalue weighted by molar-refractivity contribution is 7.99. The van der Waals surface area contributed by atoms with Crippen LogP contribution in [0.15, 0.2) is 30.6 Å². The summed E-state index contributed by atoms with van der Waals surface area (Å²) in [6, 6.07) is 8.17. The van der Waals surface area contributed by atoms with Crippen LogP contribution in [0.3, 0.4) is 0 Å². The number of aromatic nitrogens is 2. The van der Waals surface area contributed by atoms with Gasteiger partial charge in [-0.15, -0.1) is 11.8 Å². The molecule has 8 heteroatoms. The number of halogens is 1. The van der Waals surface area contributed by atoms with Gasteiger partial charge in [-0.2, -0.15) is 0 Å². The standard InChI is InChI=1S/C24H32ClN5OS/c1-16(2)26-13-19(12-18-4-6-20(25)7-5-18)24(31)30-10-8-29(9-11-30)23-22-17(3)32-14-21(22)27-15-28-23/h4-7,15-17,19,26H,8-14H2,1-3H3/t17-,19-/m0/s1. The van der Waals surface area contributed by atoms with Crippen LogP contribution in [0.1, 0.15) is 42.8 Å². The van der Waals surface area contributed by atoms with Crippen molar-refractivity contribution in [1.82, 2.24) is 20.2 Å². The predicted molar refractivity (Wildman–Crippen MR) is 132 cm³/mol.